The summed E-state index contributed by atoms with van der Waals surface area (Å²) in [7, 11) is 1.87. The average molecular weight is 624 g/mol. The predicted molar refractivity (Wildman–Crippen MR) is 178 cm³/mol. The number of hydrogen-bond donors (Lipinski definition) is 2. The van der Waals surface area contributed by atoms with Crippen LogP contribution in [0, 0.1) is 19.8 Å². The molecule has 0 aliphatic rings. The summed E-state index contributed by atoms with van der Waals surface area (Å²) < 4.78 is 6.97. The van der Waals surface area contributed by atoms with Gasteiger partial charge in [-0.15, -0.1) is 11.3 Å². The highest BCUT2D eigenvalue weighted by Gasteiger charge is 2.16. The van der Waals surface area contributed by atoms with Gasteiger partial charge in [0.2, 0.25) is 5.89 Å². The van der Waals surface area contributed by atoms with E-state index in [9.17, 15) is 9.59 Å². The summed E-state index contributed by atoms with van der Waals surface area (Å²) in [5.41, 5.74) is 3.42. The number of aldehydes is 1. The van der Waals surface area contributed by atoms with Crippen molar-refractivity contribution < 1.29 is 14.1 Å². The van der Waals surface area contributed by atoms with Crippen LogP contribution in [0.5, 0.6) is 0 Å². The first-order chi connectivity index (χ1) is 20.9. The Balaban J connectivity index is 0.000000230. The summed E-state index contributed by atoms with van der Waals surface area (Å²) in [5, 5.41) is 12.4. The third-order valence-electron chi connectivity index (χ3n) is 6.68. The van der Waals surface area contributed by atoms with Crippen LogP contribution < -0.4 is 10.6 Å². The molecule has 0 bridgehead atoms. The van der Waals surface area contributed by atoms with Crippen LogP contribution in [0.25, 0.3) is 11.4 Å². The smallest absolute Gasteiger partial charge is 0.253 e. The van der Waals surface area contributed by atoms with Gasteiger partial charge in [-0.1, -0.05) is 44.8 Å². The van der Waals surface area contributed by atoms with E-state index in [0.717, 1.165) is 40.4 Å². The maximum absolute atomic E-state index is 11.5. The summed E-state index contributed by atoms with van der Waals surface area (Å²) in [4.78, 5) is 34.6. The standard InChI is InChI=1S/C12H22N2O.C11H16N2O2.C10H11N3S/c1-5-11(8-6-7-9(2)3)12-13-10(4)15-14-12;1-11(2,3)13-6-4-9(8-13)10(15)12-5-7-14;1-7-4-3-5-8(12-7)9-6-14-10(11-2)13-9/h9,11H,5-8H2,1-4H3;4,6-8H,5H2,1-3H3,(H,12,15);3-6H,1-2H3,(H,11,13). The molecule has 0 fully saturated rings. The summed E-state index contributed by atoms with van der Waals surface area (Å²) in [6.07, 6.45) is 9.11. The lowest BCUT2D eigenvalue weighted by atomic mass is 9.96. The van der Waals surface area contributed by atoms with Crippen molar-refractivity contribution in [2.75, 3.05) is 18.9 Å². The molecule has 4 heterocycles. The molecule has 0 aliphatic carbocycles. The Labute approximate surface area is 266 Å². The molecule has 11 heteroatoms. The first kappa shape index (κ1) is 36.3. The lowest BCUT2D eigenvalue weighted by Gasteiger charge is -2.20. The van der Waals surface area contributed by atoms with Crippen LogP contribution in [0.15, 0.2) is 46.6 Å². The number of anilines is 1. The van der Waals surface area contributed by atoms with Gasteiger partial charge in [0.1, 0.15) is 12.0 Å². The van der Waals surface area contributed by atoms with E-state index in [4.69, 9.17) is 4.52 Å². The third-order valence-corrected chi connectivity index (χ3v) is 7.54. The zero-order valence-corrected chi connectivity index (χ0v) is 28.5. The number of aryl methyl sites for hydroxylation is 2. The van der Waals surface area contributed by atoms with Gasteiger partial charge in [-0.25, -0.2) is 4.98 Å². The number of thiazole rings is 1. The molecule has 0 aliphatic heterocycles. The van der Waals surface area contributed by atoms with E-state index in [1.54, 1.807) is 23.6 Å². The van der Waals surface area contributed by atoms with E-state index in [-0.39, 0.29) is 18.0 Å². The summed E-state index contributed by atoms with van der Waals surface area (Å²) in [6.45, 7) is 16.8. The summed E-state index contributed by atoms with van der Waals surface area (Å²) >= 11 is 1.59. The van der Waals surface area contributed by atoms with Gasteiger partial charge in [-0.2, -0.15) is 4.98 Å². The minimum absolute atomic E-state index is 0.0385. The van der Waals surface area contributed by atoms with Crippen molar-refractivity contribution in [2.45, 2.75) is 92.5 Å². The average Bonchev–Trinajstić information content (AvgIpc) is 3.76. The van der Waals surface area contributed by atoms with E-state index in [1.165, 1.54) is 19.3 Å². The van der Waals surface area contributed by atoms with Gasteiger partial charge in [-0.05, 0) is 64.7 Å². The number of rotatable bonds is 11. The fraction of sp³-hybridized carbons (Fsp3) is 0.515. The SMILES string of the molecule is CC(C)(C)n1ccc(C(=O)NCC=O)c1.CCC(CCCC(C)C)c1noc(C)n1.CNc1nc(-c2cccc(C)n2)cs1. The zero-order valence-electron chi connectivity index (χ0n) is 27.7. The molecular weight excluding hydrogens is 574 g/mol. The van der Waals surface area contributed by atoms with Crippen molar-refractivity contribution in [3.63, 3.8) is 0 Å². The van der Waals surface area contributed by atoms with Crippen molar-refractivity contribution >= 4 is 28.7 Å². The van der Waals surface area contributed by atoms with Crippen LogP contribution >= 0.6 is 11.3 Å². The molecule has 4 aromatic rings. The molecule has 0 radical (unpaired) electrons. The second-order valence-corrected chi connectivity index (χ2v) is 12.8. The van der Waals surface area contributed by atoms with Crippen molar-refractivity contribution in [1.82, 2.24) is 30.0 Å². The minimum Gasteiger partial charge on any atom is -0.365 e. The van der Waals surface area contributed by atoms with Gasteiger partial charge in [-0.3, -0.25) is 9.78 Å². The van der Waals surface area contributed by atoms with Crippen molar-refractivity contribution in [1.29, 1.82) is 0 Å². The predicted octanol–water partition coefficient (Wildman–Crippen LogP) is 7.42. The molecule has 0 spiro atoms. The molecule has 4 rings (SSSR count). The van der Waals surface area contributed by atoms with Crippen LogP contribution in [0.1, 0.15) is 101 Å². The highest BCUT2D eigenvalue weighted by molar-refractivity contribution is 7.14. The maximum atomic E-state index is 11.5. The van der Waals surface area contributed by atoms with Gasteiger partial charge in [0.15, 0.2) is 11.0 Å². The maximum Gasteiger partial charge on any atom is 0.253 e. The quantitative estimate of drug-likeness (QED) is 0.165. The van der Waals surface area contributed by atoms with Gasteiger partial charge in [0, 0.05) is 48.9 Å². The van der Waals surface area contributed by atoms with E-state index < -0.39 is 0 Å². The van der Waals surface area contributed by atoms with E-state index in [0.29, 0.717) is 23.7 Å². The molecule has 1 unspecified atom stereocenters. The Morgan fingerprint density at radius 3 is 2.36 bits per heavy atom. The Morgan fingerprint density at radius 1 is 1.09 bits per heavy atom. The molecule has 1 amide bonds. The number of nitrogens with zero attached hydrogens (tertiary/aromatic N) is 5. The van der Waals surface area contributed by atoms with Crippen molar-refractivity contribution in [2.24, 2.45) is 5.92 Å². The highest BCUT2D eigenvalue weighted by atomic mass is 32.1. The minimum atomic E-state index is -0.217. The van der Waals surface area contributed by atoms with Gasteiger partial charge < -0.3 is 24.5 Å². The molecule has 0 aromatic carbocycles. The largest absolute Gasteiger partial charge is 0.365 e. The van der Waals surface area contributed by atoms with Gasteiger partial charge in [0.25, 0.3) is 5.91 Å². The lowest BCUT2D eigenvalue weighted by Crippen LogP contribution is -2.25. The second kappa shape index (κ2) is 18.1. The molecule has 4 aromatic heterocycles. The van der Waals surface area contributed by atoms with E-state index >= 15 is 0 Å². The molecule has 1 atom stereocenters. The second-order valence-electron chi connectivity index (χ2n) is 11.9. The van der Waals surface area contributed by atoms with E-state index in [2.05, 4.69) is 72.3 Å². The third kappa shape index (κ3) is 12.4. The van der Waals surface area contributed by atoms with Crippen molar-refractivity contribution in [3.05, 3.63) is 65.0 Å². The molecule has 240 valence electrons. The number of pyridine rings is 1. The van der Waals surface area contributed by atoms with E-state index in [1.807, 2.05) is 55.2 Å². The number of carbonyl (C=O) groups excluding carboxylic acids is 2. The molecule has 44 heavy (non-hydrogen) atoms. The van der Waals surface area contributed by atoms with Crippen LogP contribution in [0.3, 0.4) is 0 Å². The lowest BCUT2D eigenvalue weighted by molar-refractivity contribution is -0.107. The number of aromatic nitrogens is 5. The number of nitrogens with one attached hydrogen (secondary N) is 2. The van der Waals surface area contributed by atoms with Crippen LogP contribution in [-0.4, -0.2) is 50.5 Å². The summed E-state index contributed by atoms with van der Waals surface area (Å²) in [5.74, 6) is 2.60. The monoisotopic (exact) mass is 623 g/mol. The fourth-order valence-corrected chi connectivity index (χ4v) is 4.81. The van der Waals surface area contributed by atoms with Gasteiger partial charge in [0.05, 0.1) is 17.8 Å². The van der Waals surface area contributed by atoms with Gasteiger partial charge >= 0.3 is 0 Å². The normalized spacial score (nSPS) is 11.6. The molecule has 0 saturated carbocycles. The zero-order chi connectivity index (χ0) is 32.7. The topological polar surface area (TPSA) is 128 Å². The first-order valence-corrected chi connectivity index (χ1v) is 16.0. The number of amides is 1. The molecular formula is C33H49N7O3S. The van der Waals surface area contributed by atoms with Crippen LogP contribution in [0.4, 0.5) is 5.13 Å². The number of hydrogen-bond acceptors (Lipinski definition) is 9. The first-order valence-electron chi connectivity index (χ1n) is 15.2. The van der Waals surface area contributed by atoms with Crippen LogP contribution in [0.2, 0.25) is 0 Å². The van der Waals surface area contributed by atoms with Crippen LogP contribution in [-0.2, 0) is 10.3 Å². The fourth-order valence-electron chi connectivity index (χ4n) is 4.15. The van der Waals surface area contributed by atoms with Crippen molar-refractivity contribution in [3.8, 4) is 11.4 Å². The Kier molecular flexibility index (Phi) is 14.9. The molecule has 10 nitrogen and oxygen atoms in total. The molecule has 0 saturated heterocycles. The highest BCUT2D eigenvalue weighted by Crippen LogP contribution is 2.24. The Bertz CT molecular complexity index is 1420. The Hall–Kier alpha value is -3.86. The number of carbonyl (C=O) groups is 2. The molecule has 2 N–H and O–H groups in total. The Morgan fingerprint density at radius 2 is 1.84 bits per heavy atom. The summed E-state index contributed by atoms with van der Waals surface area (Å²) in [6, 6.07) is 7.69.